The van der Waals surface area contributed by atoms with Gasteiger partial charge in [-0.05, 0) is 72.9 Å². The smallest absolute Gasteiger partial charge is 0.335 e. The molecule has 0 bridgehead atoms. The van der Waals surface area contributed by atoms with E-state index in [0.717, 1.165) is 42.5 Å². The van der Waals surface area contributed by atoms with Gasteiger partial charge in [-0.25, -0.2) is 9.59 Å². The van der Waals surface area contributed by atoms with Crippen LogP contribution in [0.3, 0.4) is 0 Å². The molecule has 6 rings (SSSR count). The number of carbonyl (C=O) groups is 2. The molecule has 1 saturated carbocycles. The van der Waals surface area contributed by atoms with Gasteiger partial charge in [-0.15, -0.1) is 0 Å². The van der Waals surface area contributed by atoms with Crippen molar-refractivity contribution in [3.63, 3.8) is 0 Å². The second kappa shape index (κ2) is 8.38. The maximum Gasteiger partial charge on any atom is 0.335 e. The molecule has 2 aliphatic rings. The molecule has 1 N–H and O–H groups in total. The van der Waals surface area contributed by atoms with Crippen LogP contribution in [-0.4, -0.2) is 37.6 Å². The quantitative estimate of drug-likeness (QED) is 0.411. The van der Waals surface area contributed by atoms with E-state index in [0.29, 0.717) is 29.2 Å². The molecular weight excluding hydrogens is 478 g/mol. The van der Waals surface area contributed by atoms with Crippen LogP contribution < -0.4 is 5.69 Å². The van der Waals surface area contributed by atoms with Crippen molar-refractivity contribution < 1.29 is 14.7 Å². The molecule has 4 aromatic rings. The molecule has 0 unspecified atom stereocenters. The van der Waals surface area contributed by atoms with E-state index in [1.807, 2.05) is 41.3 Å². The fourth-order valence-corrected chi connectivity index (χ4v) is 5.54. The number of fused-ring (bicyclic) bond motifs is 1. The fraction of sp³-hybridized carbons (Fsp3) is 0.250. The summed E-state index contributed by atoms with van der Waals surface area (Å²) in [4.78, 5) is 39.4. The van der Waals surface area contributed by atoms with Gasteiger partial charge in [-0.2, -0.15) is 0 Å². The Bertz CT molecular complexity index is 1580. The molecule has 1 amide bonds. The number of carboxylic acid groups (broad SMARTS) is 1. The summed E-state index contributed by atoms with van der Waals surface area (Å²) in [5.41, 5.74) is 3.36. The Balaban J connectivity index is 1.46. The lowest BCUT2D eigenvalue weighted by Crippen LogP contribution is -2.32. The third-order valence-corrected chi connectivity index (χ3v) is 7.57. The molecule has 7 nitrogen and oxygen atoms in total. The third kappa shape index (κ3) is 3.62. The summed E-state index contributed by atoms with van der Waals surface area (Å²) in [6.07, 6.45) is 2.97. The molecule has 182 valence electrons. The number of benzene rings is 3. The van der Waals surface area contributed by atoms with Crippen LogP contribution in [-0.2, 0) is 16.9 Å². The van der Waals surface area contributed by atoms with Gasteiger partial charge in [0, 0.05) is 24.5 Å². The molecule has 1 aromatic heterocycles. The predicted octanol–water partition coefficient (Wildman–Crippen LogP) is 4.80. The first-order chi connectivity index (χ1) is 17.4. The van der Waals surface area contributed by atoms with Crippen LogP contribution >= 0.6 is 11.6 Å². The van der Waals surface area contributed by atoms with Gasteiger partial charge < -0.3 is 10.0 Å². The zero-order valence-corrected chi connectivity index (χ0v) is 20.2. The van der Waals surface area contributed by atoms with Crippen molar-refractivity contribution in [3.8, 4) is 5.69 Å². The third-order valence-electron chi connectivity index (χ3n) is 7.34. The van der Waals surface area contributed by atoms with E-state index in [2.05, 4.69) is 0 Å². The summed E-state index contributed by atoms with van der Waals surface area (Å²) in [7, 11) is 0. The minimum absolute atomic E-state index is 0.176. The minimum Gasteiger partial charge on any atom is -0.478 e. The lowest BCUT2D eigenvalue weighted by molar-refractivity contribution is -0.128. The number of hydrogen-bond donors (Lipinski definition) is 1. The Hall–Kier alpha value is -3.84. The average molecular weight is 502 g/mol. The Morgan fingerprint density at radius 2 is 1.75 bits per heavy atom. The van der Waals surface area contributed by atoms with Crippen LogP contribution in [0.5, 0.6) is 0 Å². The summed E-state index contributed by atoms with van der Waals surface area (Å²) >= 11 is 6.35. The molecule has 1 aliphatic carbocycles. The number of nitrogens with zero attached hydrogens (tertiary/aromatic N) is 3. The average Bonchev–Trinajstić information content (AvgIpc) is 3.49. The topological polar surface area (TPSA) is 84.5 Å². The van der Waals surface area contributed by atoms with E-state index in [-0.39, 0.29) is 17.2 Å². The highest BCUT2D eigenvalue weighted by Gasteiger charge is 2.49. The number of likely N-dealkylation sites (tertiary alicyclic amines) is 1. The highest BCUT2D eigenvalue weighted by molar-refractivity contribution is 6.31. The first kappa shape index (κ1) is 22.6. The van der Waals surface area contributed by atoms with Crippen molar-refractivity contribution in [1.82, 2.24) is 14.0 Å². The number of hydrogen-bond acceptors (Lipinski definition) is 3. The van der Waals surface area contributed by atoms with E-state index in [4.69, 9.17) is 11.6 Å². The van der Waals surface area contributed by atoms with E-state index in [1.54, 1.807) is 39.5 Å². The number of imidazole rings is 1. The lowest BCUT2D eigenvalue weighted by Gasteiger charge is -2.18. The van der Waals surface area contributed by atoms with E-state index in [9.17, 15) is 19.5 Å². The van der Waals surface area contributed by atoms with Crippen LogP contribution in [0.15, 0.2) is 71.5 Å². The maximum atomic E-state index is 14.0. The number of halogens is 1. The number of carbonyl (C=O) groups excluding carboxylic acids is 1. The van der Waals surface area contributed by atoms with E-state index in [1.165, 1.54) is 0 Å². The predicted molar refractivity (Wildman–Crippen MR) is 137 cm³/mol. The summed E-state index contributed by atoms with van der Waals surface area (Å²) < 4.78 is 3.45. The van der Waals surface area contributed by atoms with Crippen molar-refractivity contribution in [2.75, 3.05) is 6.54 Å². The number of carboxylic acids is 1. The van der Waals surface area contributed by atoms with Gasteiger partial charge in [0.25, 0.3) is 0 Å². The number of amides is 1. The van der Waals surface area contributed by atoms with Crippen molar-refractivity contribution in [2.24, 2.45) is 0 Å². The number of aromatic nitrogens is 2. The summed E-state index contributed by atoms with van der Waals surface area (Å²) in [5.74, 6) is -0.820. The van der Waals surface area contributed by atoms with Crippen LogP contribution in [0.4, 0.5) is 0 Å². The molecular formula is C28H24ClN3O4. The second-order valence-electron chi connectivity index (χ2n) is 9.59. The number of rotatable bonds is 6. The molecule has 0 radical (unpaired) electrons. The van der Waals surface area contributed by atoms with Gasteiger partial charge in [0.1, 0.15) is 0 Å². The molecule has 3 aromatic carbocycles. The highest BCUT2D eigenvalue weighted by Crippen LogP contribution is 2.50. The Labute approximate surface area is 212 Å². The lowest BCUT2D eigenvalue weighted by atomic mass is 10.0. The maximum absolute atomic E-state index is 14.0. The van der Waals surface area contributed by atoms with Gasteiger partial charge in [0.05, 0.1) is 27.8 Å². The molecule has 1 aliphatic heterocycles. The molecule has 2 heterocycles. The first-order valence-electron chi connectivity index (χ1n) is 12.0. The van der Waals surface area contributed by atoms with Gasteiger partial charge in [-0.3, -0.25) is 13.9 Å². The normalized spacial score (nSPS) is 16.6. The van der Waals surface area contributed by atoms with Crippen LogP contribution in [0.25, 0.3) is 16.7 Å². The van der Waals surface area contributed by atoms with E-state index >= 15 is 0 Å². The largest absolute Gasteiger partial charge is 0.478 e. The molecule has 0 atom stereocenters. The first-order valence-corrected chi connectivity index (χ1v) is 12.4. The zero-order chi connectivity index (χ0) is 25.0. The Morgan fingerprint density at radius 1 is 0.972 bits per heavy atom. The van der Waals surface area contributed by atoms with Crippen LogP contribution in [0, 0.1) is 0 Å². The van der Waals surface area contributed by atoms with Crippen LogP contribution in [0.1, 0.15) is 47.2 Å². The van der Waals surface area contributed by atoms with Crippen molar-refractivity contribution in [1.29, 1.82) is 0 Å². The standard InChI is InChI=1S/C28H24ClN3O4/c29-21-8-11-23-24(16-21)31(22-9-6-18(7-10-22)17-30-14-2-5-25(30)33)27(36)32(23)28(12-13-28)20-4-1-3-19(15-20)26(34)35/h1,3-4,6-11,15-16H,2,5,12-14,17H2,(H,34,35). The summed E-state index contributed by atoms with van der Waals surface area (Å²) in [5, 5.41) is 10.0. The molecule has 2 fully saturated rings. The molecule has 0 spiro atoms. The van der Waals surface area contributed by atoms with E-state index < -0.39 is 11.5 Å². The molecule has 8 heteroatoms. The highest BCUT2D eigenvalue weighted by atomic mass is 35.5. The van der Waals surface area contributed by atoms with Gasteiger partial charge in [0.15, 0.2) is 0 Å². The Kier molecular flexibility index (Phi) is 5.26. The molecule has 1 saturated heterocycles. The van der Waals surface area contributed by atoms with Crippen molar-refractivity contribution >= 4 is 34.5 Å². The monoisotopic (exact) mass is 501 g/mol. The summed E-state index contributed by atoms with van der Waals surface area (Å²) in [6.45, 7) is 1.34. The minimum atomic E-state index is -0.995. The fourth-order valence-electron chi connectivity index (χ4n) is 5.38. The van der Waals surface area contributed by atoms with Gasteiger partial charge >= 0.3 is 11.7 Å². The van der Waals surface area contributed by atoms with Gasteiger partial charge in [0.2, 0.25) is 5.91 Å². The SMILES string of the molecule is O=C(O)c1cccc(C2(n3c(=O)n(-c4ccc(CN5CCCC5=O)cc4)c4cc(Cl)ccc43)CC2)c1. The van der Waals surface area contributed by atoms with Crippen molar-refractivity contribution in [2.45, 2.75) is 37.8 Å². The van der Waals surface area contributed by atoms with Crippen molar-refractivity contribution in [3.05, 3.63) is 98.9 Å². The molecule has 36 heavy (non-hydrogen) atoms. The summed E-state index contributed by atoms with van der Waals surface area (Å²) in [6, 6.07) is 19.9. The number of aromatic carboxylic acids is 1. The Morgan fingerprint density at radius 3 is 2.42 bits per heavy atom. The van der Waals surface area contributed by atoms with Gasteiger partial charge in [-0.1, -0.05) is 35.9 Å². The second-order valence-corrected chi connectivity index (χ2v) is 10.0. The van der Waals surface area contributed by atoms with Crippen LogP contribution in [0.2, 0.25) is 5.02 Å². The zero-order valence-electron chi connectivity index (χ0n) is 19.5.